The molecule has 162 valence electrons. The van der Waals surface area contributed by atoms with Crippen LogP contribution in [-0.2, 0) is 16.6 Å². The van der Waals surface area contributed by atoms with Crippen LogP contribution in [0.5, 0.6) is 11.8 Å². The molecule has 0 saturated heterocycles. The third-order valence-electron chi connectivity index (χ3n) is 4.66. The molecule has 0 radical (unpaired) electrons. The minimum atomic E-state index is -3.89. The third kappa shape index (κ3) is 4.54. The number of benzene rings is 2. The Bertz CT molecular complexity index is 1330. The zero-order chi connectivity index (χ0) is 22.2. The standard InChI is InChI=1S/C20H19Cl2N5O3S/c1-3-27-19(12(2)26-31(28,29)17-9-14(21)8-15(22)10-17)24-25-20(27)30-16-5-4-13-6-7-23-18(13)11-16/h4-12,23,26H,3H2,1-2H3/t12-/m1/s1. The molecule has 0 unspecified atom stereocenters. The molecule has 0 fully saturated rings. The first-order chi connectivity index (χ1) is 14.8. The van der Waals surface area contributed by atoms with E-state index in [1.165, 1.54) is 18.2 Å². The molecule has 4 aromatic rings. The number of hydrogen-bond donors (Lipinski definition) is 2. The minimum Gasteiger partial charge on any atom is -0.424 e. The van der Waals surface area contributed by atoms with Crippen LogP contribution in [0.15, 0.2) is 53.6 Å². The lowest BCUT2D eigenvalue weighted by atomic mass is 10.2. The molecule has 0 aliphatic rings. The van der Waals surface area contributed by atoms with E-state index in [9.17, 15) is 8.42 Å². The Morgan fingerprint density at radius 3 is 2.58 bits per heavy atom. The number of hydrogen-bond acceptors (Lipinski definition) is 5. The summed E-state index contributed by atoms with van der Waals surface area (Å²) in [5.74, 6) is 1.00. The first-order valence-electron chi connectivity index (χ1n) is 9.43. The van der Waals surface area contributed by atoms with E-state index in [-0.39, 0.29) is 21.0 Å². The number of nitrogens with zero attached hydrogens (tertiary/aromatic N) is 3. The van der Waals surface area contributed by atoms with E-state index in [1.807, 2.05) is 37.4 Å². The first kappa shape index (κ1) is 21.6. The molecule has 0 saturated carbocycles. The lowest BCUT2D eigenvalue weighted by Gasteiger charge is -2.15. The van der Waals surface area contributed by atoms with Crippen LogP contribution in [0.25, 0.3) is 10.9 Å². The Hall–Kier alpha value is -2.59. The van der Waals surface area contributed by atoms with Crippen LogP contribution < -0.4 is 9.46 Å². The van der Waals surface area contributed by atoms with E-state index < -0.39 is 16.1 Å². The molecule has 2 aromatic heterocycles. The fourth-order valence-electron chi connectivity index (χ4n) is 3.23. The van der Waals surface area contributed by atoms with Crippen molar-refractivity contribution in [3.05, 3.63) is 64.5 Å². The molecule has 11 heteroatoms. The van der Waals surface area contributed by atoms with E-state index >= 15 is 0 Å². The highest BCUT2D eigenvalue weighted by atomic mass is 35.5. The van der Waals surface area contributed by atoms with Crippen LogP contribution in [0.4, 0.5) is 0 Å². The van der Waals surface area contributed by atoms with Gasteiger partial charge in [-0.1, -0.05) is 28.3 Å². The average Bonchev–Trinajstić information content (AvgIpc) is 3.33. The quantitative estimate of drug-likeness (QED) is 0.391. The van der Waals surface area contributed by atoms with Gasteiger partial charge in [0.2, 0.25) is 10.0 Å². The third-order valence-corrected chi connectivity index (χ3v) is 6.62. The van der Waals surface area contributed by atoms with E-state index in [0.29, 0.717) is 18.1 Å². The van der Waals surface area contributed by atoms with Crippen molar-refractivity contribution in [1.29, 1.82) is 0 Å². The molecule has 0 amide bonds. The molecule has 1 atom stereocenters. The topological polar surface area (TPSA) is 102 Å². The number of nitrogens with one attached hydrogen (secondary N) is 2. The predicted octanol–water partition coefficient (Wildman–Crippen LogP) is 4.92. The second-order valence-corrected chi connectivity index (χ2v) is 9.45. The summed E-state index contributed by atoms with van der Waals surface area (Å²) in [5.41, 5.74) is 0.932. The Balaban J connectivity index is 1.58. The molecule has 2 aromatic carbocycles. The Morgan fingerprint density at radius 2 is 1.87 bits per heavy atom. The second kappa shape index (κ2) is 8.51. The Labute approximate surface area is 189 Å². The normalized spacial score (nSPS) is 12.9. The van der Waals surface area contributed by atoms with Crippen molar-refractivity contribution >= 4 is 44.1 Å². The van der Waals surface area contributed by atoms with Gasteiger partial charge in [-0.25, -0.2) is 13.1 Å². The monoisotopic (exact) mass is 479 g/mol. The van der Waals surface area contributed by atoms with Crippen molar-refractivity contribution in [2.75, 3.05) is 0 Å². The van der Waals surface area contributed by atoms with Crippen molar-refractivity contribution in [3.63, 3.8) is 0 Å². The molecule has 4 rings (SSSR count). The summed E-state index contributed by atoms with van der Waals surface area (Å²) in [5, 5.41) is 9.78. The average molecular weight is 480 g/mol. The largest absolute Gasteiger partial charge is 0.424 e. The fraction of sp³-hybridized carbons (Fsp3) is 0.200. The zero-order valence-electron chi connectivity index (χ0n) is 16.6. The van der Waals surface area contributed by atoms with Gasteiger partial charge in [0.15, 0.2) is 5.82 Å². The van der Waals surface area contributed by atoms with Crippen molar-refractivity contribution in [1.82, 2.24) is 24.5 Å². The summed E-state index contributed by atoms with van der Waals surface area (Å²) in [6.07, 6.45) is 1.85. The lowest BCUT2D eigenvalue weighted by Crippen LogP contribution is -2.29. The molecular formula is C20H19Cl2N5O3S. The van der Waals surface area contributed by atoms with Crippen LogP contribution in [0.3, 0.4) is 0 Å². The predicted molar refractivity (Wildman–Crippen MR) is 119 cm³/mol. The molecular weight excluding hydrogens is 461 g/mol. The maximum Gasteiger partial charge on any atom is 0.322 e. The maximum atomic E-state index is 12.8. The van der Waals surface area contributed by atoms with E-state index in [1.54, 1.807) is 11.5 Å². The van der Waals surface area contributed by atoms with Crippen LogP contribution in [0.1, 0.15) is 25.7 Å². The van der Waals surface area contributed by atoms with Gasteiger partial charge in [-0.3, -0.25) is 4.57 Å². The molecule has 0 aliphatic carbocycles. The van der Waals surface area contributed by atoms with E-state index in [0.717, 1.165) is 10.9 Å². The number of H-pyrrole nitrogens is 1. The summed E-state index contributed by atoms with van der Waals surface area (Å²) < 4.78 is 35.8. The summed E-state index contributed by atoms with van der Waals surface area (Å²) in [6.45, 7) is 4.05. The number of ether oxygens (including phenoxy) is 1. The zero-order valence-corrected chi connectivity index (χ0v) is 19.0. The van der Waals surface area contributed by atoms with Gasteiger partial charge < -0.3 is 9.72 Å². The number of aromatic amines is 1. The van der Waals surface area contributed by atoms with Gasteiger partial charge in [-0.2, -0.15) is 0 Å². The number of halogens is 2. The van der Waals surface area contributed by atoms with Crippen LogP contribution in [0.2, 0.25) is 10.0 Å². The van der Waals surface area contributed by atoms with Crippen molar-refractivity contribution in [2.24, 2.45) is 0 Å². The van der Waals surface area contributed by atoms with E-state index in [4.69, 9.17) is 27.9 Å². The van der Waals surface area contributed by atoms with Crippen molar-refractivity contribution in [3.8, 4) is 11.8 Å². The van der Waals surface area contributed by atoms with Crippen molar-refractivity contribution in [2.45, 2.75) is 31.3 Å². The van der Waals surface area contributed by atoms with Gasteiger partial charge in [0.25, 0.3) is 0 Å². The first-order valence-corrected chi connectivity index (χ1v) is 11.7. The molecule has 31 heavy (non-hydrogen) atoms. The molecule has 0 spiro atoms. The summed E-state index contributed by atoms with van der Waals surface area (Å²) in [7, 11) is -3.89. The molecule has 0 bridgehead atoms. The highest BCUT2D eigenvalue weighted by Gasteiger charge is 2.24. The molecule has 2 heterocycles. The summed E-state index contributed by atoms with van der Waals surface area (Å²) in [6, 6.07) is 11.3. The second-order valence-electron chi connectivity index (χ2n) is 6.86. The fourth-order valence-corrected chi connectivity index (χ4v) is 5.15. The SMILES string of the molecule is CCn1c(Oc2ccc3cc[nH]c3c2)nnc1[C@@H](C)NS(=O)(=O)c1cc(Cl)cc(Cl)c1. The Morgan fingerprint density at radius 1 is 1.13 bits per heavy atom. The number of sulfonamides is 1. The van der Waals surface area contributed by atoms with Gasteiger partial charge in [0.05, 0.1) is 10.9 Å². The van der Waals surface area contributed by atoms with Crippen LogP contribution in [-0.4, -0.2) is 28.2 Å². The van der Waals surface area contributed by atoms with Gasteiger partial charge >= 0.3 is 6.01 Å². The lowest BCUT2D eigenvalue weighted by molar-refractivity contribution is 0.408. The highest BCUT2D eigenvalue weighted by Crippen LogP contribution is 2.27. The van der Waals surface area contributed by atoms with Gasteiger partial charge in [0.1, 0.15) is 5.75 Å². The molecule has 0 aliphatic heterocycles. The van der Waals surface area contributed by atoms with Gasteiger partial charge in [-0.05, 0) is 55.6 Å². The van der Waals surface area contributed by atoms with E-state index in [2.05, 4.69) is 19.9 Å². The van der Waals surface area contributed by atoms with Gasteiger partial charge in [-0.15, -0.1) is 5.10 Å². The Kier molecular flexibility index (Phi) is 5.94. The molecule has 8 nitrogen and oxygen atoms in total. The maximum absolute atomic E-state index is 12.8. The molecule has 2 N–H and O–H groups in total. The van der Waals surface area contributed by atoms with Gasteiger partial charge in [0, 0.05) is 34.4 Å². The van der Waals surface area contributed by atoms with Crippen LogP contribution in [0, 0.1) is 0 Å². The number of aromatic nitrogens is 4. The number of rotatable bonds is 7. The summed E-state index contributed by atoms with van der Waals surface area (Å²) in [4.78, 5) is 3.10. The summed E-state index contributed by atoms with van der Waals surface area (Å²) >= 11 is 11.9. The van der Waals surface area contributed by atoms with Crippen LogP contribution >= 0.6 is 23.2 Å². The smallest absolute Gasteiger partial charge is 0.322 e. The van der Waals surface area contributed by atoms with Crippen molar-refractivity contribution < 1.29 is 13.2 Å². The minimum absolute atomic E-state index is 0.0323. The highest BCUT2D eigenvalue weighted by molar-refractivity contribution is 7.89. The number of fused-ring (bicyclic) bond motifs is 1.